The quantitative estimate of drug-likeness (QED) is 0.675. The summed E-state index contributed by atoms with van der Waals surface area (Å²) in [5.41, 5.74) is 0.872. The van der Waals surface area contributed by atoms with E-state index in [-0.39, 0.29) is 5.56 Å². The van der Waals surface area contributed by atoms with Crippen LogP contribution in [0.25, 0.3) is 0 Å². The lowest BCUT2D eigenvalue weighted by molar-refractivity contribution is 0.0696. The molecule has 0 aliphatic carbocycles. The predicted molar refractivity (Wildman–Crippen MR) is 78.1 cm³/mol. The van der Waals surface area contributed by atoms with E-state index < -0.39 is 17.8 Å². The van der Waals surface area contributed by atoms with Gasteiger partial charge in [-0.3, -0.25) is 4.79 Å². The summed E-state index contributed by atoms with van der Waals surface area (Å²) in [4.78, 5) is 22.8. The molecule has 0 fully saturated rings. The number of ketones is 1. The van der Waals surface area contributed by atoms with Crippen molar-refractivity contribution < 1.29 is 14.7 Å². The van der Waals surface area contributed by atoms with Crippen LogP contribution >= 0.6 is 0 Å². The molecule has 22 heavy (non-hydrogen) atoms. The van der Waals surface area contributed by atoms with E-state index in [0.29, 0.717) is 11.3 Å². The molecule has 1 atom stereocenters. The van der Waals surface area contributed by atoms with Crippen LogP contribution < -0.4 is 0 Å². The second kappa shape index (κ2) is 6.90. The molecule has 0 saturated heterocycles. The molecule has 2 aromatic rings. The van der Waals surface area contributed by atoms with E-state index in [9.17, 15) is 9.59 Å². The molecular weight excluding hydrogens is 282 g/mol. The summed E-state index contributed by atoms with van der Waals surface area (Å²) in [6.45, 7) is 0. The average molecular weight is 293 g/mol. The number of nitriles is 1. The zero-order valence-electron chi connectivity index (χ0n) is 11.4. The van der Waals surface area contributed by atoms with E-state index in [1.54, 1.807) is 36.4 Å². The maximum atomic E-state index is 12.1. The van der Waals surface area contributed by atoms with E-state index in [4.69, 9.17) is 10.4 Å². The van der Waals surface area contributed by atoms with Crippen molar-refractivity contribution in [2.45, 2.75) is 6.04 Å². The zero-order valence-corrected chi connectivity index (χ0v) is 11.4. The summed E-state index contributed by atoms with van der Waals surface area (Å²) < 4.78 is 0. The Kier molecular flexibility index (Phi) is 4.73. The summed E-state index contributed by atoms with van der Waals surface area (Å²) >= 11 is 0. The van der Waals surface area contributed by atoms with Crippen LogP contribution in [0.1, 0.15) is 20.7 Å². The van der Waals surface area contributed by atoms with Crippen molar-refractivity contribution in [3.63, 3.8) is 0 Å². The molecule has 0 saturated carbocycles. The van der Waals surface area contributed by atoms with Crippen molar-refractivity contribution in [2.24, 2.45) is 10.2 Å². The third-order valence-electron chi connectivity index (χ3n) is 2.83. The molecule has 0 radical (unpaired) electrons. The van der Waals surface area contributed by atoms with E-state index >= 15 is 0 Å². The highest BCUT2D eigenvalue weighted by Gasteiger charge is 2.18. The second-order valence-corrected chi connectivity index (χ2v) is 4.33. The Bertz CT molecular complexity index is 746. The first kappa shape index (κ1) is 15.1. The number of carbonyl (C=O) groups is 2. The standard InChI is InChI=1S/C16H11N3O3/c17-10-14(15(20)11-4-2-1-3-5-11)19-18-13-8-6-12(7-9-13)16(21)22/h1-9,14H,(H,21,22). The fourth-order valence-electron chi connectivity index (χ4n) is 1.69. The highest BCUT2D eigenvalue weighted by Crippen LogP contribution is 2.15. The largest absolute Gasteiger partial charge is 0.478 e. The molecule has 6 nitrogen and oxygen atoms in total. The number of azo groups is 1. The fraction of sp³-hybridized carbons (Fsp3) is 0.0625. The maximum Gasteiger partial charge on any atom is 0.335 e. The molecule has 0 aliphatic heterocycles. The number of benzene rings is 2. The molecule has 108 valence electrons. The number of hydrogen-bond donors (Lipinski definition) is 1. The number of carbonyl (C=O) groups excluding carboxylic acids is 1. The van der Waals surface area contributed by atoms with Gasteiger partial charge >= 0.3 is 5.97 Å². The van der Waals surface area contributed by atoms with Gasteiger partial charge in [0.15, 0.2) is 0 Å². The topological polar surface area (TPSA) is 103 Å². The van der Waals surface area contributed by atoms with Gasteiger partial charge in [0, 0.05) is 5.56 Å². The Morgan fingerprint density at radius 3 is 2.18 bits per heavy atom. The average Bonchev–Trinajstić information content (AvgIpc) is 2.56. The van der Waals surface area contributed by atoms with Gasteiger partial charge in [-0.2, -0.15) is 15.5 Å². The van der Waals surface area contributed by atoms with Crippen LogP contribution in [0.4, 0.5) is 5.69 Å². The molecule has 1 unspecified atom stereocenters. The number of hydrogen-bond acceptors (Lipinski definition) is 5. The first-order valence-electron chi connectivity index (χ1n) is 6.35. The Morgan fingerprint density at radius 1 is 1.00 bits per heavy atom. The van der Waals surface area contributed by atoms with Crippen LogP contribution in [0.2, 0.25) is 0 Å². The van der Waals surface area contributed by atoms with Gasteiger partial charge < -0.3 is 5.11 Å². The van der Waals surface area contributed by atoms with E-state index in [2.05, 4.69) is 10.2 Å². The lowest BCUT2D eigenvalue weighted by Gasteiger charge is -2.02. The van der Waals surface area contributed by atoms with Gasteiger partial charge in [-0.15, -0.1) is 0 Å². The second-order valence-electron chi connectivity index (χ2n) is 4.33. The summed E-state index contributed by atoms with van der Waals surface area (Å²) in [5, 5.41) is 25.4. The molecule has 1 N–H and O–H groups in total. The molecule has 0 aromatic heterocycles. The zero-order chi connectivity index (χ0) is 15.9. The smallest absolute Gasteiger partial charge is 0.335 e. The Labute approximate surface area is 126 Å². The van der Waals surface area contributed by atoms with Gasteiger partial charge in [0.05, 0.1) is 17.3 Å². The summed E-state index contributed by atoms with van der Waals surface area (Å²) in [5.74, 6) is -1.48. The number of Topliss-reactive ketones (excluding diaryl/α,β-unsaturated/α-hetero) is 1. The lowest BCUT2D eigenvalue weighted by atomic mass is 10.1. The van der Waals surface area contributed by atoms with Gasteiger partial charge in [0.1, 0.15) is 0 Å². The molecule has 2 rings (SSSR count). The van der Waals surface area contributed by atoms with Crippen LogP contribution in [0.5, 0.6) is 0 Å². The monoisotopic (exact) mass is 293 g/mol. The Morgan fingerprint density at radius 2 is 1.64 bits per heavy atom. The third-order valence-corrected chi connectivity index (χ3v) is 2.83. The van der Waals surface area contributed by atoms with Gasteiger partial charge in [-0.25, -0.2) is 4.79 Å². The van der Waals surface area contributed by atoms with Crippen LogP contribution in [-0.4, -0.2) is 22.9 Å². The van der Waals surface area contributed by atoms with E-state index in [0.717, 1.165) is 0 Å². The normalized spacial score (nSPS) is 11.8. The van der Waals surface area contributed by atoms with Crippen molar-refractivity contribution in [1.29, 1.82) is 5.26 Å². The lowest BCUT2D eigenvalue weighted by Crippen LogP contribution is -2.16. The van der Waals surface area contributed by atoms with Crippen LogP contribution in [0.15, 0.2) is 64.8 Å². The number of aromatic carboxylic acids is 1. The Hall–Kier alpha value is -3.33. The van der Waals surface area contributed by atoms with Crippen molar-refractivity contribution in [3.05, 3.63) is 65.7 Å². The van der Waals surface area contributed by atoms with Gasteiger partial charge in [-0.05, 0) is 24.3 Å². The molecule has 0 spiro atoms. The highest BCUT2D eigenvalue weighted by atomic mass is 16.4. The van der Waals surface area contributed by atoms with Crippen molar-refractivity contribution >= 4 is 17.4 Å². The summed E-state index contributed by atoms with van der Waals surface area (Å²) in [7, 11) is 0. The number of nitrogens with zero attached hydrogens (tertiary/aromatic N) is 3. The van der Waals surface area contributed by atoms with Crippen molar-refractivity contribution in [2.75, 3.05) is 0 Å². The maximum absolute atomic E-state index is 12.1. The predicted octanol–water partition coefficient (Wildman–Crippen LogP) is 3.24. The van der Waals surface area contributed by atoms with Crippen molar-refractivity contribution in [3.8, 4) is 6.07 Å². The van der Waals surface area contributed by atoms with E-state index in [1.807, 2.05) is 0 Å². The SMILES string of the molecule is N#CC(N=Nc1ccc(C(=O)O)cc1)C(=O)c1ccccc1. The summed E-state index contributed by atoms with van der Waals surface area (Å²) in [6.07, 6.45) is 0. The fourth-order valence-corrected chi connectivity index (χ4v) is 1.69. The van der Waals surface area contributed by atoms with Gasteiger partial charge in [0.2, 0.25) is 11.8 Å². The molecule has 0 aliphatic rings. The van der Waals surface area contributed by atoms with Crippen LogP contribution in [-0.2, 0) is 0 Å². The van der Waals surface area contributed by atoms with Crippen molar-refractivity contribution in [1.82, 2.24) is 0 Å². The molecule has 0 amide bonds. The minimum atomic E-state index is -1.23. The molecule has 0 heterocycles. The first-order chi connectivity index (χ1) is 10.6. The van der Waals surface area contributed by atoms with Crippen LogP contribution in [0, 0.1) is 11.3 Å². The molecule has 2 aromatic carbocycles. The highest BCUT2D eigenvalue weighted by molar-refractivity contribution is 6.01. The molecular formula is C16H11N3O3. The van der Waals surface area contributed by atoms with Gasteiger partial charge in [0.25, 0.3) is 0 Å². The Balaban J connectivity index is 2.14. The van der Waals surface area contributed by atoms with E-state index in [1.165, 1.54) is 24.3 Å². The van der Waals surface area contributed by atoms with Gasteiger partial charge in [-0.1, -0.05) is 30.3 Å². The summed E-state index contributed by atoms with van der Waals surface area (Å²) in [6, 6.07) is 14.6. The third kappa shape index (κ3) is 3.61. The van der Waals surface area contributed by atoms with Crippen LogP contribution in [0.3, 0.4) is 0 Å². The molecule has 0 bridgehead atoms. The minimum absolute atomic E-state index is 0.121. The minimum Gasteiger partial charge on any atom is -0.478 e. The first-order valence-corrected chi connectivity index (χ1v) is 6.35. The molecule has 6 heteroatoms. The number of rotatable bonds is 5. The number of carboxylic acid groups (broad SMARTS) is 1. The number of carboxylic acids is 1.